The molecule has 0 atom stereocenters. The lowest BCUT2D eigenvalue weighted by atomic mass is 10.1. The number of hydrogen-bond acceptors (Lipinski definition) is 3. The summed E-state index contributed by atoms with van der Waals surface area (Å²) in [5.41, 5.74) is 1.42. The lowest BCUT2D eigenvalue weighted by molar-refractivity contribution is -0.114. The van der Waals surface area contributed by atoms with Crippen LogP contribution in [-0.2, 0) is 4.79 Å². The van der Waals surface area contributed by atoms with Gasteiger partial charge in [0, 0.05) is 24.3 Å². The topological polar surface area (TPSA) is 61.4 Å². The SMILES string of the molecule is O=C(CNc1cccc(C(=O)N2CCCC2)c1)Nc1ccccc1F. The zero-order valence-corrected chi connectivity index (χ0v) is 13.8. The van der Waals surface area contributed by atoms with Gasteiger partial charge in [-0.25, -0.2) is 4.39 Å². The van der Waals surface area contributed by atoms with Crippen LogP contribution in [0, 0.1) is 5.82 Å². The highest BCUT2D eigenvalue weighted by Gasteiger charge is 2.19. The van der Waals surface area contributed by atoms with Gasteiger partial charge < -0.3 is 15.5 Å². The molecule has 1 aliphatic rings. The van der Waals surface area contributed by atoms with Crippen molar-refractivity contribution in [3.05, 3.63) is 59.9 Å². The van der Waals surface area contributed by atoms with E-state index in [0.717, 1.165) is 25.9 Å². The Kier molecular flexibility index (Phi) is 5.28. The fourth-order valence-electron chi connectivity index (χ4n) is 2.80. The molecule has 0 bridgehead atoms. The number of halogens is 1. The van der Waals surface area contributed by atoms with Crippen molar-refractivity contribution in [2.45, 2.75) is 12.8 Å². The van der Waals surface area contributed by atoms with Crippen LogP contribution in [0.4, 0.5) is 15.8 Å². The number of benzene rings is 2. The number of carbonyl (C=O) groups is 2. The van der Waals surface area contributed by atoms with E-state index >= 15 is 0 Å². The minimum absolute atomic E-state index is 0.0111. The van der Waals surface area contributed by atoms with Gasteiger partial charge in [0.2, 0.25) is 5.91 Å². The van der Waals surface area contributed by atoms with Crippen LogP contribution in [0.2, 0.25) is 0 Å². The summed E-state index contributed by atoms with van der Waals surface area (Å²) < 4.78 is 13.5. The maximum atomic E-state index is 13.5. The molecule has 1 saturated heterocycles. The predicted octanol–water partition coefficient (Wildman–Crippen LogP) is 3.11. The van der Waals surface area contributed by atoms with Crippen LogP contribution in [0.1, 0.15) is 23.2 Å². The third-order valence-corrected chi connectivity index (χ3v) is 4.10. The second kappa shape index (κ2) is 7.79. The Bertz CT molecular complexity index is 773. The Morgan fingerprint density at radius 3 is 2.56 bits per heavy atom. The van der Waals surface area contributed by atoms with Gasteiger partial charge >= 0.3 is 0 Å². The van der Waals surface area contributed by atoms with Crippen molar-refractivity contribution >= 4 is 23.2 Å². The number of carbonyl (C=O) groups excluding carboxylic acids is 2. The Morgan fingerprint density at radius 2 is 1.80 bits per heavy atom. The minimum Gasteiger partial charge on any atom is -0.376 e. The standard InChI is InChI=1S/C19H20FN3O2/c20-16-8-1-2-9-17(16)22-18(24)13-21-15-7-5-6-14(12-15)19(25)23-10-3-4-11-23/h1-2,5-9,12,21H,3-4,10-11,13H2,(H,22,24). The molecule has 130 valence electrons. The molecular formula is C19H20FN3O2. The zero-order chi connectivity index (χ0) is 17.6. The summed E-state index contributed by atoms with van der Waals surface area (Å²) in [6, 6.07) is 13.1. The van der Waals surface area contributed by atoms with Gasteiger partial charge in [0.1, 0.15) is 5.82 Å². The largest absolute Gasteiger partial charge is 0.376 e. The van der Waals surface area contributed by atoms with Crippen molar-refractivity contribution in [2.75, 3.05) is 30.3 Å². The van der Waals surface area contributed by atoms with Gasteiger partial charge in [-0.15, -0.1) is 0 Å². The Labute approximate surface area is 145 Å². The number of nitrogens with zero attached hydrogens (tertiary/aromatic N) is 1. The van der Waals surface area contributed by atoms with Gasteiger partial charge in [0.05, 0.1) is 12.2 Å². The third kappa shape index (κ3) is 4.35. The average molecular weight is 341 g/mol. The Morgan fingerprint density at radius 1 is 1.04 bits per heavy atom. The Hall–Kier alpha value is -2.89. The molecule has 0 aromatic heterocycles. The number of para-hydroxylation sites is 1. The Balaban J connectivity index is 1.58. The van der Waals surface area contributed by atoms with Gasteiger partial charge in [0.15, 0.2) is 0 Å². The number of hydrogen-bond donors (Lipinski definition) is 2. The van der Waals surface area contributed by atoms with Crippen LogP contribution < -0.4 is 10.6 Å². The first-order valence-corrected chi connectivity index (χ1v) is 8.31. The van der Waals surface area contributed by atoms with E-state index in [0.29, 0.717) is 11.3 Å². The van der Waals surface area contributed by atoms with E-state index in [1.807, 2.05) is 4.90 Å². The van der Waals surface area contributed by atoms with Crippen LogP contribution in [-0.4, -0.2) is 36.3 Å². The van der Waals surface area contributed by atoms with E-state index < -0.39 is 5.82 Å². The fourth-order valence-corrected chi connectivity index (χ4v) is 2.80. The smallest absolute Gasteiger partial charge is 0.253 e. The molecule has 2 N–H and O–H groups in total. The molecule has 0 radical (unpaired) electrons. The first-order chi connectivity index (χ1) is 12.1. The molecule has 0 aliphatic carbocycles. The van der Waals surface area contributed by atoms with Gasteiger partial charge in [-0.2, -0.15) is 0 Å². The number of rotatable bonds is 5. The minimum atomic E-state index is -0.478. The fraction of sp³-hybridized carbons (Fsp3) is 0.263. The third-order valence-electron chi connectivity index (χ3n) is 4.10. The van der Waals surface area contributed by atoms with Gasteiger partial charge in [0.25, 0.3) is 5.91 Å². The monoisotopic (exact) mass is 341 g/mol. The molecule has 2 amide bonds. The van der Waals surface area contributed by atoms with Crippen molar-refractivity contribution < 1.29 is 14.0 Å². The first-order valence-electron chi connectivity index (χ1n) is 8.31. The van der Waals surface area contributed by atoms with E-state index in [4.69, 9.17) is 0 Å². The predicted molar refractivity (Wildman–Crippen MR) is 95.1 cm³/mol. The summed E-state index contributed by atoms with van der Waals surface area (Å²) >= 11 is 0. The molecule has 6 heteroatoms. The summed E-state index contributed by atoms with van der Waals surface area (Å²) in [4.78, 5) is 26.2. The molecule has 1 aliphatic heterocycles. The van der Waals surface area contributed by atoms with Crippen molar-refractivity contribution in [3.63, 3.8) is 0 Å². The summed E-state index contributed by atoms with van der Waals surface area (Å²) in [7, 11) is 0. The number of anilines is 2. The first kappa shape index (κ1) is 17.0. The van der Waals surface area contributed by atoms with E-state index in [9.17, 15) is 14.0 Å². The second-order valence-corrected chi connectivity index (χ2v) is 5.96. The van der Waals surface area contributed by atoms with Crippen LogP contribution >= 0.6 is 0 Å². The molecule has 25 heavy (non-hydrogen) atoms. The molecule has 5 nitrogen and oxygen atoms in total. The number of amides is 2. The van der Waals surface area contributed by atoms with Crippen LogP contribution in [0.5, 0.6) is 0 Å². The lowest BCUT2D eigenvalue weighted by Crippen LogP contribution is -2.27. The molecule has 0 spiro atoms. The molecule has 1 heterocycles. The summed E-state index contributed by atoms with van der Waals surface area (Å²) in [5, 5.41) is 5.48. The van der Waals surface area contributed by atoms with Gasteiger partial charge in [-0.3, -0.25) is 9.59 Å². The number of likely N-dealkylation sites (tertiary alicyclic amines) is 1. The average Bonchev–Trinajstić information content (AvgIpc) is 3.16. The normalized spacial score (nSPS) is 13.6. The maximum absolute atomic E-state index is 13.5. The number of nitrogens with one attached hydrogen (secondary N) is 2. The van der Waals surface area contributed by atoms with Crippen LogP contribution in [0.25, 0.3) is 0 Å². The highest BCUT2D eigenvalue weighted by molar-refractivity contribution is 5.96. The quantitative estimate of drug-likeness (QED) is 0.878. The van der Waals surface area contributed by atoms with Crippen LogP contribution in [0.3, 0.4) is 0 Å². The lowest BCUT2D eigenvalue weighted by Gasteiger charge is -2.16. The van der Waals surface area contributed by atoms with Gasteiger partial charge in [-0.05, 0) is 43.2 Å². The highest BCUT2D eigenvalue weighted by atomic mass is 19.1. The molecule has 0 unspecified atom stereocenters. The highest BCUT2D eigenvalue weighted by Crippen LogP contribution is 2.16. The molecule has 3 rings (SSSR count). The van der Waals surface area contributed by atoms with E-state index in [1.165, 1.54) is 12.1 Å². The van der Waals surface area contributed by atoms with Gasteiger partial charge in [-0.1, -0.05) is 18.2 Å². The van der Waals surface area contributed by atoms with Crippen molar-refractivity contribution in [1.29, 1.82) is 0 Å². The summed E-state index contributed by atoms with van der Waals surface area (Å²) in [5.74, 6) is -0.826. The molecule has 2 aromatic carbocycles. The van der Waals surface area contributed by atoms with E-state index in [1.54, 1.807) is 36.4 Å². The van der Waals surface area contributed by atoms with Crippen molar-refractivity contribution in [1.82, 2.24) is 4.90 Å². The molecule has 1 fully saturated rings. The molecule has 0 saturated carbocycles. The maximum Gasteiger partial charge on any atom is 0.253 e. The van der Waals surface area contributed by atoms with Crippen molar-refractivity contribution in [3.8, 4) is 0 Å². The second-order valence-electron chi connectivity index (χ2n) is 5.96. The van der Waals surface area contributed by atoms with E-state index in [-0.39, 0.29) is 24.0 Å². The van der Waals surface area contributed by atoms with E-state index in [2.05, 4.69) is 10.6 Å². The van der Waals surface area contributed by atoms with Crippen LogP contribution in [0.15, 0.2) is 48.5 Å². The summed E-state index contributed by atoms with van der Waals surface area (Å²) in [6.07, 6.45) is 2.08. The summed E-state index contributed by atoms with van der Waals surface area (Å²) in [6.45, 7) is 1.57. The van der Waals surface area contributed by atoms with Crippen molar-refractivity contribution in [2.24, 2.45) is 0 Å². The zero-order valence-electron chi connectivity index (χ0n) is 13.8. The molecular weight excluding hydrogens is 321 g/mol. The molecule has 2 aromatic rings.